The Balaban J connectivity index is 2.55. The molecule has 3 nitrogen and oxygen atoms in total. The van der Waals surface area contributed by atoms with Gasteiger partial charge in [-0.3, -0.25) is 0 Å². The van der Waals surface area contributed by atoms with Crippen LogP contribution in [0.15, 0.2) is 60.7 Å². The molecule has 2 aromatic rings. The lowest BCUT2D eigenvalue weighted by atomic mass is 10.2. The molecule has 2 aromatic carbocycles. The van der Waals surface area contributed by atoms with Gasteiger partial charge in [-0.15, -0.1) is 0 Å². The molecule has 0 heterocycles. The molecule has 0 N–H and O–H groups in total. The van der Waals surface area contributed by atoms with E-state index in [0.29, 0.717) is 0 Å². The van der Waals surface area contributed by atoms with E-state index < -0.39 is 20.5 Å². The zero-order chi connectivity index (χ0) is 18.5. The monoisotopic (exact) mass is 360 g/mol. The van der Waals surface area contributed by atoms with E-state index in [-0.39, 0.29) is 11.6 Å². The molecule has 0 aliphatic heterocycles. The predicted molar refractivity (Wildman–Crippen MR) is 100 cm³/mol. The van der Waals surface area contributed by atoms with Crippen molar-refractivity contribution in [3.8, 4) is 0 Å². The van der Waals surface area contributed by atoms with Crippen molar-refractivity contribution < 1.29 is 18.3 Å². The molecule has 5 heteroatoms. The number of rotatable bonds is 6. The van der Waals surface area contributed by atoms with Crippen LogP contribution in [0.4, 0.5) is 4.39 Å². The highest BCUT2D eigenvalue weighted by atomic mass is 28.4. The smallest absolute Gasteiger partial charge is 0.342 e. The number of hydrogen-bond donors (Lipinski definition) is 0. The van der Waals surface area contributed by atoms with Crippen molar-refractivity contribution in [2.45, 2.75) is 32.0 Å². The van der Waals surface area contributed by atoms with Gasteiger partial charge in [0.25, 0.3) is 8.32 Å². The van der Waals surface area contributed by atoms with Crippen LogP contribution in [0.25, 0.3) is 0 Å². The van der Waals surface area contributed by atoms with Crippen LogP contribution in [0.5, 0.6) is 0 Å². The van der Waals surface area contributed by atoms with Gasteiger partial charge in [0.1, 0.15) is 0 Å². The third-order valence-corrected chi connectivity index (χ3v) is 9.32. The summed E-state index contributed by atoms with van der Waals surface area (Å²) in [5.41, 5.74) is 0. The molecule has 0 radical (unpaired) electrons. The van der Waals surface area contributed by atoms with Crippen molar-refractivity contribution in [2.75, 3.05) is 13.7 Å². The Morgan fingerprint density at radius 1 is 1.00 bits per heavy atom. The van der Waals surface area contributed by atoms with Crippen LogP contribution in [-0.2, 0) is 14.0 Å². The lowest BCUT2D eigenvalue weighted by Crippen LogP contribution is -2.67. The fourth-order valence-corrected chi connectivity index (χ4v) is 7.71. The molecule has 0 bridgehead atoms. The van der Waals surface area contributed by atoms with Gasteiger partial charge in [-0.1, -0.05) is 81.4 Å². The minimum atomic E-state index is -2.82. The fraction of sp³-hybridized carbons (Fsp3) is 0.350. The van der Waals surface area contributed by atoms with Gasteiger partial charge in [0.15, 0.2) is 0 Å². The van der Waals surface area contributed by atoms with Crippen LogP contribution < -0.4 is 10.4 Å². The third kappa shape index (κ3) is 3.99. The number of carbonyl (C=O) groups is 1. The molecule has 0 aliphatic carbocycles. The molecule has 25 heavy (non-hydrogen) atoms. The quantitative estimate of drug-likeness (QED) is 0.587. The van der Waals surface area contributed by atoms with Crippen LogP contribution in [0.3, 0.4) is 0 Å². The molecule has 1 unspecified atom stereocenters. The molecule has 0 spiro atoms. The predicted octanol–water partition coefficient (Wildman–Crippen LogP) is 3.07. The molecule has 0 fully saturated rings. The Bertz CT molecular complexity index is 644. The van der Waals surface area contributed by atoms with Crippen LogP contribution in [0.2, 0.25) is 5.04 Å². The number of halogens is 1. The van der Waals surface area contributed by atoms with Crippen LogP contribution in [0, 0.1) is 0 Å². The van der Waals surface area contributed by atoms with Gasteiger partial charge in [0, 0.05) is 0 Å². The van der Waals surface area contributed by atoms with Crippen molar-refractivity contribution >= 4 is 24.7 Å². The maximum absolute atomic E-state index is 14.2. The average molecular weight is 361 g/mol. The molecular formula is C20H25FO3Si. The highest BCUT2D eigenvalue weighted by Gasteiger charge is 2.50. The molecule has 0 saturated carbocycles. The maximum atomic E-state index is 14.2. The Morgan fingerprint density at radius 3 is 1.80 bits per heavy atom. The first-order valence-corrected chi connectivity index (χ1v) is 10.2. The summed E-state index contributed by atoms with van der Waals surface area (Å²) in [4.78, 5) is 11.5. The van der Waals surface area contributed by atoms with E-state index in [0.717, 1.165) is 10.4 Å². The van der Waals surface area contributed by atoms with Crippen molar-refractivity contribution in [1.29, 1.82) is 0 Å². The van der Waals surface area contributed by atoms with Crippen molar-refractivity contribution in [2.24, 2.45) is 0 Å². The Labute approximate surface area is 149 Å². The minimum absolute atomic E-state index is 0.258. The minimum Gasteiger partial charge on any atom is -0.467 e. The SMILES string of the molecule is COC(=O)C(F)CO[Si](c1ccccc1)(c1ccccc1)C(C)(C)C. The highest BCUT2D eigenvalue weighted by molar-refractivity contribution is 6.99. The molecule has 2 rings (SSSR count). The zero-order valence-electron chi connectivity index (χ0n) is 15.2. The number of ether oxygens (including phenoxy) is 1. The summed E-state index contributed by atoms with van der Waals surface area (Å²) in [5.74, 6) is -0.905. The van der Waals surface area contributed by atoms with E-state index in [1.54, 1.807) is 0 Å². The Kier molecular flexibility index (Phi) is 6.14. The largest absolute Gasteiger partial charge is 0.467 e. The van der Waals surface area contributed by atoms with Crippen molar-refractivity contribution in [3.05, 3.63) is 60.7 Å². The van der Waals surface area contributed by atoms with Gasteiger partial charge < -0.3 is 9.16 Å². The molecule has 0 aromatic heterocycles. The Hall–Kier alpha value is -1.98. The normalized spacial score (nSPS) is 13.3. The number of alkyl halides is 1. The second kappa shape index (κ2) is 7.93. The summed E-state index contributed by atoms with van der Waals surface area (Å²) in [6, 6.07) is 19.8. The molecule has 0 saturated heterocycles. The second-order valence-electron chi connectivity index (χ2n) is 6.96. The summed E-state index contributed by atoms with van der Waals surface area (Å²) >= 11 is 0. The lowest BCUT2D eigenvalue weighted by Gasteiger charge is -2.43. The number of esters is 1. The van der Waals surface area contributed by atoms with Crippen LogP contribution in [0.1, 0.15) is 20.8 Å². The molecule has 134 valence electrons. The summed E-state index contributed by atoms with van der Waals surface area (Å²) in [6.45, 7) is 5.99. The van der Waals surface area contributed by atoms with E-state index in [1.165, 1.54) is 7.11 Å². The summed E-state index contributed by atoms with van der Waals surface area (Å²) in [5, 5.41) is 1.84. The fourth-order valence-electron chi connectivity index (χ4n) is 3.16. The van der Waals surface area contributed by atoms with Crippen LogP contribution in [-0.4, -0.2) is 34.2 Å². The van der Waals surface area contributed by atoms with E-state index in [2.05, 4.69) is 25.5 Å². The standard InChI is InChI=1S/C20H25FO3Si/c1-20(2,3)25(16-11-7-5-8-12-16,17-13-9-6-10-14-17)24-15-18(21)19(22)23-4/h5-14,18H,15H2,1-4H3. The molecular weight excluding hydrogens is 335 g/mol. The number of hydrogen-bond acceptors (Lipinski definition) is 3. The van der Waals surface area contributed by atoms with Gasteiger partial charge in [0.2, 0.25) is 6.17 Å². The number of benzene rings is 2. The number of carbonyl (C=O) groups excluding carboxylic acids is 1. The molecule has 0 amide bonds. The summed E-state index contributed by atoms with van der Waals surface area (Å²) in [7, 11) is -1.64. The zero-order valence-corrected chi connectivity index (χ0v) is 16.2. The first-order chi connectivity index (χ1) is 11.8. The maximum Gasteiger partial charge on any atom is 0.342 e. The first kappa shape index (κ1) is 19.3. The summed E-state index contributed by atoms with van der Waals surface area (Å²) < 4.78 is 25.0. The van der Waals surface area contributed by atoms with E-state index in [1.807, 2.05) is 60.7 Å². The van der Waals surface area contributed by atoms with E-state index in [4.69, 9.17) is 4.43 Å². The van der Waals surface area contributed by atoms with Gasteiger partial charge in [0.05, 0.1) is 13.7 Å². The topological polar surface area (TPSA) is 35.5 Å². The Morgan fingerprint density at radius 2 is 1.44 bits per heavy atom. The average Bonchev–Trinajstić information content (AvgIpc) is 2.62. The highest BCUT2D eigenvalue weighted by Crippen LogP contribution is 2.36. The molecule has 1 atom stereocenters. The van der Waals surface area contributed by atoms with Crippen LogP contribution >= 0.6 is 0 Å². The van der Waals surface area contributed by atoms with Crippen molar-refractivity contribution in [1.82, 2.24) is 0 Å². The van der Waals surface area contributed by atoms with E-state index in [9.17, 15) is 9.18 Å². The second-order valence-corrected chi connectivity index (χ2v) is 11.3. The van der Waals surface area contributed by atoms with Gasteiger partial charge in [-0.2, -0.15) is 0 Å². The third-order valence-electron chi connectivity index (χ3n) is 4.32. The van der Waals surface area contributed by atoms with E-state index >= 15 is 0 Å². The van der Waals surface area contributed by atoms with Crippen molar-refractivity contribution in [3.63, 3.8) is 0 Å². The van der Waals surface area contributed by atoms with Gasteiger partial charge in [-0.25, -0.2) is 9.18 Å². The summed E-state index contributed by atoms with van der Waals surface area (Å²) in [6.07, 6.45) is -1.80. The van der Waals surface area contributed by atoms with Gasteiger partial charge in [-0.05, 0) is 15.4 Å². The lowest BCUT2D eigenvalue weighted by molar-refractivity contribution is -0.147. The van der Waals surface area contributed by atoms with Gasteiger partial charge >= 0.3 is 5.97 Å². The number of methoxy groups -OCH3 is 1. The molecule has 0 aliphatic rings. The first-order valence-electron chi connectivity index (χ1n) is 8.30.